The maximum Gasteiger partial charge on any atom is 0.255 e. The lowest BCUT2D eigenvalue weighted by Gasteiger charge is -2.14. The summed E-state index contributed by atoms with van der Waals surface area (Å²) in [6.07, 6.45) is 2.16. The second-order valence-corrected chi connectivity index (χ2v) is 5.93. The molecule has 5 heteroatoms. The zero-order chi connectivity index (χ0) is 17.5. The van der Waals surface area contributed by atoms with Crippen LogP contribution in [0, 0.1) is 11.3 Å². The number of ether oxygens (including phenoxy) is 2. The van der Waals surface area contributed by atoms with Crippen molar-refractivity contribution < 1.29 is 14.3 Å². The Morgan fingerprint density at radius 1 is 1.24 bits per heavy atom. The SMILES string of the molecule is N#Cc1ccc(CNC(=O)c2ccccc2OCC2CCCO2)cc1. The Hall–Kier alpha value is -2.84. The molecule has 2 aromatic carbocycles. The number of rotatable bonds is 6. The Labute approximate surface area is 147 Å². The number of nitrogens with one attached hydrogen (secondary N) is 1. The highest BCUT2D eigenvalue weighted by Gasteiger charge is 2.18. The molecule has 1 aliphatic heterocycles. The maximum absolute atomic E-state index is 12.5. The molecule has 0 aliphatic carbocycles. The molecular weight excluding hydrogens is 316 g/mol. The minimum absolute atomic E-state index is 0.106. The molecule has 0 aromatic heterocycles. The van der Waals surface area contributed by atoms with Crippen LogP contribution in [0.3, 0.4) is 0 Å². The van der Waals surface area contributed by atoms with E-state index in [0.29, 0.717) is 30.0 Å². The van der Waals surface area contributed by atoms with E-state index in [2.05, 4.69) is 11.4 Å². The summed E-state index contributed by atoms with van der Waals surface area (Å²) in [6.45, 7) is 1.63. The van der Waals surface area contributed by atoms with Crippen molar-refractivity contribution in [2.24, 2.45) is 0 Å². The largest absolute Gasteiger partial charge is 0.490 e. The number of hydrogen-bond donors (Lipinski definition) is 1. The molecule has 1 N–H and O–H groups in total. The maximum atomic E-state index is 12.5. The first-order chi connectivity index (χ1) is 12.3. The van der Waals surface area contributed by atoms with Crippen LogP contribution < -0.4 is 10.1 Å². The average molecular weight is 336 g/mol. The van der Waals surface area contributed by atoms with Gasteiger partial charge in [0.05, 0.1) is 23.3 Å². The quantitative estimate of drug-likeness (QED) is 0.880. The Bertz CT molecular complexity index is 759. The fraction of sp³-hybridized carbons (Fsp3) is 0.300. The number of benzene rings is 2. The molecular formula is C20H20N2O3. The van der Waals surface area contributed by atoms with Crippen LogP contribution in [0.25, 0.3) is 0 Å². The zero-order valence-corrected chi connectivity index (χ0v) is 13.9. The first-order valence-corrected chi connectivity index (χ1v) is 8.37. The van der Waals surface area contributed by atoms with Crippen LogP contribution in [0.4, 0.5) is 0 Å². The number of amides is 1. The minimum atomic E-state index is -0.188. The highest BCUT2D eigenvalue weighted by atomic mass is 16.5. The smallest absolute Gasteiger partial charge is 0.255 e. The molecule has 1 amide bonds. The number of nitriles is 1. The molecule has 1 fully saturated rings. The second kappa shape index (κ2) is 8.32. The molecule has 5 nitrogen and oxygen atoms in total. The van der Waals surface area contributed by atoms with E-state index in [1.54, 1.807) is 24.3 Å². The Morgan fingerprint density at radius 3 is 2.76 bits per heavy atom. The van der Waals surface area contributed by atoms with Gasteiger partial charge in [0.2, 0.25) is 0 Å². The van der Waals surface area contributed by atoms with Crippen LogP contribution in [-0.2, 0) is 11.3 Å². The van der Waals surface area contributed by atoms with Gasteiger partial charge in [0.25, 0.3) is 5.91 Å². The van der Waals surface area contributed by atoms with E-state index in [0.717, 1.165) is 25.0 Å². The summed E-state index contributed by atoms with van der Waals surface area (Å²) in [7, 11) is 0. The van der Waals surface area contributed by atoms with Gasteiger partial charge in [0.15, 0.2) is 0 Å². The van der Waals surface area contributed by atoms with Crippen molar-refractivity contribution in [3.8, 4) is 11.8 Å². The molecule has 1 atom stereocenters. The Kier molecular flexibility index (Phi) is 5.65. The van der Waals surface area contributed by atoms with Gasteiger partial charge in [-0.25, -0.2) is 0 Å². The van der Waals surface area contributed by atoms with E-state index in [1.165, 1.54) is 0 Å². The standard InChI is InChI=1S/C20H20N2O3/c21-12-15-7-9-16(10-8-15)13-22-20(23)18-5-1-2-6-19(18)25-14-17-4-3-11-24-17/h1-2,5-10,17H,3-4,11,13-14H2,(H,22,23). The van der Waals surface area contributed by atoms with E-state index in [-0.39, 0.29) is 12.0 Å². The van der Waals surface area contributed by atoms with E-state index < -0.39 is 0 Å². The molecule has 1 saturated heterocycles. The molecule has 128 valence electrons. The Morgan fingerprint density at radius 2 is 2.04 bits per heavy atom. The highest BCUT2D eigenvalue weighted by molar-refractivity contribution is 5.96. The second-order valence-electron chi connectivity index (χ2n) is 5.93. The van der Waals surface area contributed by atoms with Crippen molar-refractivity contribution in [2.45, 2.75) is 25.5 Å². The summed E-state index contributed by atoms with van der Waals surface area (Å²) in [5.41, 5.74) is 2.04. The fourth-order valence-electron chi connectivity index (χ4n) is 2.71. The molecule has 1 heterocycles. The van der Waals surface area contributed by atoms with Crippen LogP contribution >= 0.6 is 0 Å². The van der Waals surface area contributed by atoms with Crippen molar-refractivity contribution in [3.05, 3.63) is 65.2 Å². The summed E-state index contributed by atoms with van der Waals surface area (Å²) in [5.74, 6) is 0.377. The van der Waals surface area contributed by atoms with Crippen molar-refractivity contribution in [2.75, 3.05) is 13.2 Å². The molecule has 0 saturated carbocycles. The number of carbonyl (C=O) groups excluding carboxylic acids is 1. The van der Waals surface area contributed by atoms with Crippen LogP contribution in [0.2, 0.25) is 0 Å². The van der Waals surface area contributed by atoms with Gasteiger partial charge in [0.1, 0.15) is 12.4 Å². The van der Waals surface area contributed by atoms with Crippen LogP contribution in [0.1, 0.15) is 34.3 Å². The van der Waals surface area contributed by atoms with Gasteiger partial charge in [-0.15, -0.1) is 0 Å². The topological polar surface area (TPSA) is 71.4 Å². The van der Waals surface area contributed by atoms with Crippen molar-refractivity contribution >= 4 is 5.91 Å². The molecule has 3 rings (SSSR count). The van der Waals surface area contributed by atoms with Gasteiger partial charge >= 0.3 is 0 Å². The van der Waals surface area contributed by atoms with Crippen LogP contribution in [-0.4, -0.2) is 25.2 Å². The van der Waals surface area contributed by atoms with Crippen molar-refractivity contribution in [1.29, 1.82) is 5.26 Å². The van der Waals surface area contributed by atoms with Gasteiger partial charge in [-0.1, -0.05) is 24.3 Å². The fourth-order valence-corrected chi connectivity index (χ4v) is 2.71. The first-order valence-electron chi connectivity index (χ1n) is 8.37. The molecule has 1 aliphatic rings. The highest BCUT2D eigenvalue weighted by Crippen LogP contribution is 2.20. The lowest BCUT2D eigenvalue weighted by Crippen LogP contribution is -2.24. The molecule has 0 radical (unpaired) electrons. The third-order valence-electron chi connectivity index (χ3n) is 4.12. The first kappa shape index (κ1) is 17.0. The molecule has 1 unspecified atom stereocenters. The van der Waals surface area contributed by atoms with Gasteiger partial charge in [-0.3, -0.25) is 4.79 Å². The van der Waals surface area contributed by atoms with E-state index >= 15 is 0 Å². The van der Waals surface area contributed by atoms with Crippen LogP contribution in [0.15, 0.2) is 48.5 Å². The third kappa shape index (κ3) is 4.59. The summed E-state index contributed by atoms with van der Waals surface area (Å²) in [6, 6.07) is 16.4. The van der Waals surface area contributed by atoms with Gasteiger partial charge in [-0.2, -0.15) is 5.26 Å². The number of para-hydroxylation sites is 1. The lowest BCUT2D eigenvalue weighted by molar-refractivity contribution is 0.0670. The number of nitrogens with zero attached hydrogens (tertiary/aromatic N) is 1. The molecule has 0 bridgehead atoms. The zero-order valence-electron chi connectivity index (χ0n) is 13.9. The average Bonchev–Trinajstić information content (AvgIpc) is 3.18. The van der Waals surface area contributed by atoms with Gasteiger partial charge in [0, 0.05) is 13.2 Å². The monoisotopic (exact) mass is 336 g/mol. The van der Waals surface area contributed by atoms with Crippen molar-refractivity contribution in [3.63, 3.8) is 0 Å². The molecule has 2 aromatic rings. The molecule has 0 spiro atoms. The van der Waals surface area contributed by atoms with Crippen molar-refractivity contribution in [1.82, 2.24) is 5.32 Å². The molecule has 25 heavy (non-hydrogen) atoms. The summed E-state index contributed by atoms with van der Waals surface area (Å²) >= 11 is 0. The van der Waals surface area contributed by atoms with Gasteiger partial charge in [-0.05, 0) is 42.7 Å². The van der Waals surface area contributed by atoms with E-state index in [9.17, 15) is 4.79 Å². The summed E-state index contributed by atoms with van der Waals surface area (Å²) < 4.78 is 11.4. The number of carbonyl (C=O) groups is 1. The van der Waals surface area contributed by atoms with Gasteiger partial charge < -0.3 is 14.8 Å². The normalized spacial score (nSPS) is 16.2. The van der Waals surface area contributed by atoms with E-state index in [4.69, 9.17) is 14.7 Å². The summed E-state index contributed by atoms with van der Waals surface area (Å²) in [5, 5.41) is 11.7. The summed E-state index contributed by atoms with van der Waals surface area (Å²) in [4.78, 5) is 12.5. The predicted octanol–water partition coefficient (Wildman–Crippen LogP) is 3.05. The van der Waals surface area contributed by atoms with E-state index in [1.807, 2.05) is 24.3 Å². The third-order valence-corrected chi connectivity index (χ3v) is 4.12. The minimum Gasteiger partial charge on any atom is -0.490 e. The Balaban J connectivity index is 1.59. The number of hydrogen-bond acceptors (Lipinski definition) is 4. The lowest BCUT2D eigenvalue weighted by atomic mass is 10.1. The predicted molar refractivity (Wildman–Crippen MR) is 93.2 cm³/mol. The van der Waals surface area contributed by atoms with Crippen LogP contribution in [0.5, 0.6) is 5.75 Å².